The molecule has 0 fully saturated rings. The summed E-state index contributed by atoms with van der Waals surface area (Å²) in [4.78, 5) is 139. The largest absolute Gasteiger partial charge is 0.455 e. The Morgan fingerprint density at radius 3 is 1.97 bits per heavy atom. The van der Waals surface area contributed by atoms with E-state index in [1.54, 1.807) is 29.5 Å². The van der Waals surface area contributed by atoms with Crippen LogP contribution in [0.1, 0.15) is 140 Å². The highest BCUT2D eigenvalue weighted by Crippen LogP contribution is 2.34. The van der Waals surface area contributed by atoms with Gasteiger partial charge in [-0.05, 0) is 83.2 Å². The van der Waals surface area contributed by atoms with Crippen molar-refractivity contribution in [3.8, 4) is 5.75 Å². The number of likely N-dealkylation sites (N-methyl/N-ethyl adjacent to an activating group) is 1. The molecule has 4 rings (SSSR count). The molecule has 5 atom stereocenters. The lowest BCUT2D eigenvalue weighted by Gasteiger charge is -2.38. The van der Waals surface area contributed by atoms with Gasteiger partial charge in [0.05, 0.1) is 11.2 Å². The van der Waals surface area contributed by atoms with E-state index in [-0.39, 0.29) is 98.7 Å². The first kappa shape index (κ1) is 59.2. The number of carbonyl (C=O) groups excluding carboxylic acids is 10. The van der Waals surface area contributed by atoms with Crippen molar-refractivity contribution < 1.29 is 57.4 Å². The SMILES string of the molecule is CCC[C@H](Cc1ccc(OC(=O)CCCN2C(=O)C=CC2=O)c(NC(=O)CCCN2C(=O)C=CC2=O)c1)NC(=O)c1csc([C@@H](C[C@H](C(C)C)N(C)C(=O)[C@@H](CC(=O)C(C)(C)N(C)C)[C@@H](C)CC)OC(C)=O)n1. The number of hydrogen-bond acceptors (Lipinski definition) is 15. The molecule has 2 N–H and O–H groups in total. The maximum absolute atomic E-state index is 14.4. The Bertz CT molecular complexity index is 2410. The summed E-state index contributed by atoms with van der Waals surface area (Å²) in [5, 5.41) is 7.81. The lowest BCUT2D eigenvalue weighted by molar-refractivity contribution is -0.150. The van der Waals surface area contributed by atoms with Crippen LogP contribution in [0.4, 0.5) is 5.69 Å². The molecule has 0 bridgehead atoms. The predicted molar refractivity (Wildman–Crippen MR) is 274 cm³/mol. The fourth-order valence-electron chi connectivity index (χ4n) is 8.45. The van der Waals surface area contributed by atoms with Crippen LogP contribution >= 0.6 is 11.3 Å². The normalized spacial score (nSPS) is 15.7. The molecule has 7 amide bonds. The molecule has 19 nitrogen and oxygen atoms in total. The molecule has 20 heteroatoms. The maximum atomic E-state index is 14.4. The van der Waals surface area contributed by atoms with Gasteiger partial charge in [0, 0.05) is 100 Å². The molecule has 1 aromatic heterocycles. The fourth-order valence-corrected chi connectivity index (χ4v) is 9.29. The van der Waals surface area contributed by atoms with Gasteiger partial charge in [-0.1, -0.05) is 53.5 Å². The first-order valence-electron chi connectivity index (χ1n) is 25.0. The number of anilines is 1. The van der Waals surface area contributed by atoms with Crippen molar-refractivity contribution in [2.75, 3.05) is 39.5 Å². The summed E-state index contributed by atoms with van der Waals surface area (Å²) in [7, 11) is 5.39. The maximum Gasteiger partial charge on any atom is 0.311 e. The van der Waals surface area contributed by atoms with E-state index >= 15 is 0 Å². The highest BCUT2D eigenvalue weighted by molar-refractivity contribution is 7.09. The molecule has 2 aliphatic rings. The summed E-state index contributed by atoms with van der Waals surface area (Å²) in [6.07, 6.45) is 6.30. The molecule has 1 aromatic carbocycles. The molecule has 398 valence electrons. The number of esters is 2. The summed E-state index contributed by atoms with van der Waals surface area (Å²) in [6.45, 7) is 14.9. The van der Waals surface area contributed by atoms with E-state index in [0.717, 1.165) is 45.4 Å². The number of hydrogen-bond donors (Lipinski definition) is 2. The van der Waals surface area contributed by atoms with Crippen molar-refractivity contribution in [3.63, 3.8) is 0 Å². The minimum absolute atomic E-state index is 0.0122. The smallest absolute Gasteiger partial charge is 0.311 e. The summed E-state index contributed by atoms with van der Waals surface area (Å²) in [5.74, 6) is -4.98. The Labute approximate surface area is 432 Å². The van der Waals surface area contributed by atoms with E-state index in [2.05, 4.69) is 15.6 Å². The summed E-state index contributed by atoms with van der Waals surface area (Å²) in [6, 6.07) is 3.98. The zero-order valence-electron chi connectivity index (χ0n) is 44.1. The second-order valence-corrected chi connectivity index (χ2v) is 20.7. The number of nitrogens with one attached hydrogen (secondary N) is 2. The third-order valence-corrected chi connectivity index (χ3v) is 14.5. The summed E-state index contributed by atoms with van der Waals surface area (Å²) < 4.78 is 11.5. The van der Waals surface area contributed by atoms with Gasteiger partial charge in [0.15, 0.2) is 17.6 Å². The number of carbonyl (C=O) groups is 10. The van der Waals surface area contributed by atoms with Gasteiger partial charge in [-0.3, -0.25) is 62.6 Å². The Morgan fingerprint density at radius 1 is 0.849 bits per heavy atom. The first-order valence-corrected chi connectivity index (χ1v) is 25.9. The molecule has 2 aliphatic heterocycles. The quantitative estimate of drug-likeness (QED) is 0.0542. The molecular formula is C53H73N7O12S. The molecule has 73 heavy (non-hydrogen) atoms. The molecule has 0 saturated carbocycles. The number of thiazole rings is 1. The monoisotopic (exact) mass is 1030 g/mol. The van der Waals surface area contributed by atoms with Crippen molar-refractivity contribution >= 4 is 76.1 Å². The lowest BCUT2D eigenvalue weighted by atomic mass is 9.81. The Balaban J connectivity index is 1.51. The molecule has 3 heterocycles. The number of rotatable bonds is 29. The van der Waals surface area contributed by atoms with Crippen LogP contribution in [0.2, 0.25) is 0 Å². The number of ether oxygens (including phenoxy) is 2. The number of benzene rings is 1. The van der Waals surface area contributed by atoms with E-state index in [1.807, 2.05) is 67.5 Å². The molecule has 0 saturated heterocycles. The molecule has 0 radical (unpaired) electrons. The highest BCUT2D eigenvalue weighted by Gasteiger charge is 2.39. The Hall–Kier alpha value is -6.41. The van der Waals surface area contributed by atoms with E-state index < -0.39 is 77.0 Å². The summed E-state index contributed by atoms with van der Waals surface area (Å²) in [5.41, 5.74) is 0.152. The molecule has 2 aromatic rings. The van der Waals surface area contributed by atoms with Crippen molar-refractivity contribution in [2.24, 2.45) is 17.8 Å². The number of amides is 7. The van der Waals surface area contributed by atoms with Gasteiger partial charge >= 0.3 is 11.9 Å². The number of aromatic nitrogens is 1. The van der Waals surface area contributed by atoms with Gasteiger partial charge < -0.3 is 25.0 Å². The van der Waals surface area contributed by atoms with Crippen LogP contribution in [0, 0.1) is 17.8 Å². The number of Topliss-reactive ketones (excluding diaryl/α,β-unsaturated/α-hetero) is 1. The first-order chi connectivity index (χ1) is 34.4. The average Bonchev–Trinajstić information content (AvgIpc) is 4.04. The highest BCUT2D eigenvalue weighted by atomic mass is 32.1. The molecule has 0 unspecified atom stereocenters. The zero-order valence-corrected chi connectivity index (χ0v) is 44.9. The van der Waals surface area contributed by atoms with Crippen LogP contribution in [-0.4, -0.2) is 136 Å². The summed E-state index contributed by atoms with van der Waals surface area (Å²) >= 11 is 1.16. The van der Waals surface area contributed by atoms with E-state index in [1.165, 1.54) is 13.0 Å². The average molecular weight is 1030 g/mol. The van der Waals surface area contributed by atoms with Crippen LogP contribution in [0.15, 0.2) is 47.9 Å². The minimum atomic E-state index is -0.895. The zero-order chi connectivity index (χ0) is 54.3. The molecular weight excluding hydrogens is 959 g/mol. The van der Waals surface area contributed by atoms with Crippen molar-refractivity contribution in [1.29, 1.82) is 0 Å². The molecule has 0 spiro atoms. The van der Waals surface area contributed by atoms with Crippen LogP contribution in [-0.2, 0) is 54.3 Å². The third-order valence-electron chi connectivity index (χ3n) is 13.6. The van der Waals surface area contributed by atoms with Crippen molar-refractivity contribution in [1.82, 2.24) is 29.9 Å². The predicted octanol–water partition coefficient (Wildman–Crippen LogP) is 5.98. The van der Waals surface area contributed by atoms with Crippen molar-refractivity contribution in [2.45, 2.75) is 143 Å². The fraction of sp³-hybridized carbons (Fsp3) is 0.566. The minimum Gasteiger partial charge on any atom is -0.455 e. The van der Waals surface area contributed by atoms with Gasteiger partial charge in [0.1, 0.15) is 10.7 Å². The van der Waals surface area contributed by atoms with Crippen LogP contribution in [0.5, 0.6) is 5.75 Å². The molecule has 0 aliphatic carbocycles. The third kappa shape index (κ3) is 16.6. The number of imide groups is 2. The second kappa shape index (κ2) is 27.0. The second-order valence-electron chi connectivity index (χ2n) is 19.8. The van der Waals surface area contributed by atoms with Gasteiger partial charge in [0.2, 0.25) is 11.8 Å². The van der Waals surface area contributed by atoms with Gasteiger partial charge in [-0.15, -0.1) is 11.3 Å². The van der Waals surface area contributed by atoms with E-state index in [9.17, 15) is 47.9 Å². The van der Waals surface area contributed by atoms with Crippen LogP contribution < -0.4 is 15.4 Å². The Kier molecular flexibility index (Phi) is 21.9. The topological polar surface area (TPSA) is 239 Å². The van der Waals surface area contributed by atoms with Crippen molar-refractivity contribution in [3.05, 3.63) is 64.1 Å². The van der Waals surface area contributed by atoms with Crippen LogP contribution in [0.25, 0.3) is 0 Å². The lowest BCUT2D eigenvalue weighted by Crippen LogP contribution is -2.50. The standard InChI is InChI=1S/C53H73N7O12S/c1-12-16-36(27-35-19-20-41(72-49(68)18-15-26-60-47(66)23-24-48(60)67)38(28-35)55-44(63)17-14-25-59-45(64)21-22-46(59)65)54-50(69)39-31-73-51(56-39)42(71-34(6)61)30-40(32(3)4)58(11)52(70)37(33(5)13-2)29-43(62)53(7,8)57(9)10/h19-24,28,31-33,36-37,40,42H,12-18,25-27,29-30H2,1-11H3,(H,54,69)(H,55,63)/t33-,36+,37-,40+,42+/m0/s1. The number of nitrogens with zero attached hydrogens (tertiary/aromatic N) is 5. The van der Waals surface area contributed by atoms with Gasteiger partial charge in [-0.25, -0.2) is 4.98 Å². The van der Waals surface area contributed by atoms with Crippen LogP contribution in [0.3, 0.4) is 0 Å². The Morgan fingerprint density at radius 2 is 1.44 bits per heavy atom. The number of ketones is 1. The van der Waals surface area contributed by atoms with E-state index in [4.69, 9.17) is 9.47 Å². The van der Waals surface area contributed by atoms with E-state index in [0.29, 0.717) is 29.8 Å². The van der Waals surface area contributed by atoms with Gasteiger partial charge in [0.25, 0.3) is 29.5 Å². The van der Waals surface area contributed by atoms with Gasteiger partial charge in [-0.2, -0.15) is 0 Å².